The standard InChI is InChI=1S/C9H11ClN2O2/c1-12(2)6-4-5-11-8(10)7(6)9(13)14-3/h4-5H,1-3H3. The number of aromatic nitrogens is 1. The average Bonchev–Trinajstić information content (AvgIpc) is 2.16. The Bertz CT molecular complexity index is 353. The Morgan fingerprint density at radius 2 is 2.21 bits per heavy atom. The molecule has 1 heterocycles. The zero-order valence-electron chi connectivity index (χ0n) is 8.24. The molecule has 0 aliphatic rings. The van der Waals surface area contributed by atoms with Gasteiger partial charge >= 0.3 is 5.97 Å². The number of ether oxygens (including phenoxy) is 1. The van der Waals surface area contributed by atoms with E-state index in [0.717, 1.165) is 0 Å². The predicted octanol–water partition coefficient (Wildman–Crippen LogP) is 1.59. The number of hydrogen-bond donors (Lipinski definition) is 0. The SMILES string of the molecule is COC(=O)c1c(N(C)C)ccnc1Cl. The first kappa shape index (κ1) is 10.8. The summed E-state index contributed by atoms with van der Waals surface area (Å²) in [6.45, 7) is 0. The van der Waals surface area contributed by atoms with Crippen molar-refractivity contribution in [3.8, 4) is 0 Å². The molecular weight excluding hydrogens is 204 g/mol. The van der Waals surface area contributed by atoms with E-state index in [1.54, 1.807) is 17.2 Å². The van der Waals surface area contributed by atoms with E-state index >= 15 is 0 Å². The Hall–Kier alpha value is -1.29. The Morgan fingerprint density at radius 3 is 2.71 bits per heavy atom. The van der Waals surface area contributed by atoms with Crippen molar-refractivity contribution in [2.45, 2.75) is 0 Å². The Balaban J connectivity index is 3.29. The second kappa shape index (κ2) is 4.28. The van der Waals surface area contributed by atoms with E-state index in [4.69, 9.17) is 11.6 Å². The molecule has 0 saturated carbocycles. The van der Waals surface area contributed by atoms with Crippen LogP contribution in [0.1, 0.15) is 10.4 Å². The van der Waals surface area contributed by atoms with E-state index in [1.807, 2.05) is 14.1 Å². The van der Waals surface area contributed by atoms with E-state index in [0.29, 0.717) is 11.3 Å². The predicted molar refractivity (Wildman–Crippen MR) is 54.9 cm³/mol. The first-order valence-corrected chi connectivity index (χ1v) is 4.36. The van der Waals surface area contributed by atoms with E-state index in [-0.39, 0.29) is 5.15 Å². The molecule has 1 rings (SSSR count). The maximum absolute atomic E-state index is 11.4. The first-order chi connectivity index (χ1) is 6.57. The van der Waals surface area contributed by atoms with Gasteiger partial charge in [0.2, 0.25) is 0 Å². The Kier molecular flexibility index (Phi) is 3.30. The largest absolute Gasteiger partial charge is 0.465 e. The van der Waals surface area contributed by atoms with Crippen LogP contribution in [-0.2, 0) is 4.74 Å². The van der Waals surface area contributed by atoms with Crippen LogP contribution in [0.15, 0.2) is 12.3 Å². The van der Waals surface area contributed by atoms with Gasteiger partial charge in [0.05, 0.1) is 12.8 Å². The van der Waals surface area contributed by atoms with Gasteiger partial charge in [-0.15, -0.1) is 0 Å². The molecule has 0 spiro atoms. The molecule has 0 fully saturated rings. The van der Waals surface area contributed by atoms with Gasteiger partial charge in [0.25, 0.3) is 0 Å². The maximum atomic E-state index is 11.4. The van der Waals surface area contributed by atoms with E-state index in [2.05, 4.69) is 9.72 Å². The molecule has 0 aliphatic heterocycles. The third kappa shape index (κ3) is 1.96. The fourth-order valence-electron chi connectivity index (χ4n) is 1.09. The van der Waals surface area contributed by atoms with Crippen LogP contribution in [0.5, 0.6) is 0 Å². The fourth-order valence-corrected chi connectivity index (χ4v) is 1.32. The Morgan fingerprint density at radius 1 is 1.57 bits per heavy atom. The molecule has 14 heavy (non-hydrogen) atoms. The third-order valence-electron chi connectivity index (χ3n) is 1.75. The van der Waals surface area contributed by atoms with Crippen LogP contribution in [0.25, 0.3) is 0 Å². The molecule has 0 saturated heterocycles. The number of rotatable bonds is 2. The third-order valence-corrected chi connectivity index (χ3v) is 2.04. The molecule has 76 valence electrons. The summed E-state index contributed by atoms with van der Waals surface area (Å²) in [5.41, 5.74) is 0.985. The van der Waals surface area contributed by atoms with Gasteiger partial charge < -0.3 is 9.64 Å². The zero-order valence-corrected chi connectivity index (χ0v) is 9.00. The van der Waals surface area contributed by atoms with Crippen LogP contribution < -0.4 is 4.90 Å². The molecule has 4 nitrogen and oxygen atoms in total. The summed E-state index contributed by atoms with van der Waals surface area (Å²) in [6.07, 6.45) is 1.55. The van der Waals surface area contributed by atoms with Gasteiger partial charge in [-0.1, -0.05) is 11.6 Å². The summed E-state index contributed by atoms with van der Waals surface area (Å²) in [5.74, 6) is -0.480. The topological polar surface area (TPSA) is 42.4 Å². The second-order valence-corrected chi connectivity index (χ2v) is 3.24. The minimum absolute atomic E-state index is 0.156. The number of methoxy groups -OCH3 is 1. The van der Waals surface area contributed by atoms with Gasteiger partial charge in [0.15, 0.2) is 0 Å². The second-order valence-electron chi connectivity index (χ2n) is 2.88. The highest BCUT2D eigenvalue weighted by atomic mass is 35.5. The zero-order chi connectivity index (χ0) is 10.7. The van der Waals surface area contributed by atoms with Gasteiger partial charge in [-0.2, -0.15) is 0 Å². The molecule has 1 aromatic heterocycles. The van der Waals surface area contributed by atoms with Crippen LogP contribution in [0, 0.1) is 0 Å². The molecule has 0 bridgehead atoms. The summed E-state index contributed by atoms with van der Waals surface area (Å²) in [7, 11) is 4.95. The van der Waals surface area contributed by atoms with Crippen molar-refractivity contribution in [2.75, 3.05) is 26.1 Å². The summed E-state index contributed by atoms with van der Waals surface area (Å²) in [5, 5.41) is 0.156. The minimum Gasteiger partial charge on any atom is -0.465 e. The Labute approximate surface area is 87.4 Å². The van der Waals surface area contributed by atoms with Gasteiger partial charge in [0, 0.05) is 20.3 Å². The fraction of sp³-hybridized carbons (Fsp3) is 0.333. The normalized spacial score (nSPS) is 9.71. The minimum atomic E-state index is -0.480. The summed E-state index contributed by atoms with van der Waals surface area (Å²) in [6, 6.07) is 1.71. The van der Waals surface area contributed by atoms with E-state index < -0.39 is 5.97 Å². The van der Waals surface area contributed by atoms with Crippen LogP contribution in [-0.4, -0.2) is 32.2 Å². The molecule has 1 aromatic rings. The number of halogens is 1. The molecule has 0 amide bonds. The number of hydrogen-bond acceptors (Lipinski definition) is 4. The lowest BCUT2D eigenvalue weighted by Crippen LogP contribution is -2.15. The van der Waals surface area contributed by atoms with Crippen LogP contribution >= 0.6 is 11.6 Å². The highest BCUT2D eigenvalue weighted by molar-refractivity contribution is 6.33. The average molecular weight is 215 g/mol. The van der Waals surface area contributed by atoms with Crippen LogP contribution in [0.2, 0.25) is 5.15 Å². The van der Waals surface area contributed by atoms with Crippen molar-refractivity contribution in [3.05, 3.63) is 23.0 Å². The summed E-state index contributed by atoms with van der Waals surface area (Å²) < 4.78 is 4.62. The van der Waals surface area contributed by atoms with Crippen molar-refractivity contribution in [1.29, 1.82) is 0 Å². The number of nitrogens with zero attached hydrogens (tertiary/aromatic N) is 2. The molecule has 0 unspecified atom stereocenters. The molecule has 0 atom stereocenters. The first-order valence-electron chi connectivity index (χ1n) is 3.98. The molecule has 0 radical (unpaired) electrons. The van der Waals surface area contributed by atoms with Crippen molar-refractivity contribution >= 4 is 23.3 Å². The lowest BCUT2D eigenvalue weighted by molar-refractivity contribution is 0.0601. The van der Waals surface area contributed by atoms with Crippen molar-refractivity contribution in [2.24, 2.45) is 0 Å². The van der Waals surface area contributed by atoms with Crippen LogP contribution in [0.3, 0.4) is 0 Å². The highest BCUT2D eigenvalue weighted by Crippen LogP contribution is 2.24. The number of anilines is 1. The number of carbonyl (C=O) groups is 1. The maximum Gasteiger partial charge on any atom is 0.343 e. The van der Waals surface area contributed by atoms with E-state index in [1.165, 1.54) is 7.11 Å². The van der Waals surface area contributed by atoms with Gasteiger partial charge in [-0.25, -0.2) is 9.78 Å². The van der Waals surface area contributed by atoms with Crippen LogP contribution in [0.4, 0.5) is 5.69 Å². The van der Waals surface area contributed by atoms with Crippen molar-refractivity contribution < 1.29 is 9.53 Å². The summed E-state index contributed by atoms with van der Waals surface area (Å²) >= 11 is 5.81. The smallest absolute Gasteiger partial charge is 0.343 e. The van der Waals surface area contributed by atoms with Crippen molar-refractivity contribution in [3.63, 3.8) is 0 Å². The highest BCUT2D eigenvalue weighted by Gasteiger charge is 2.17. The van der Waals surface area contributed by atoms with E-state index in [9.17, 15) is 4.79 Å². The monoisotopic (exact) mass is 214 g/mol. The lowest BCUT2D eigenvalue weighted by atomic mass is 10.2. The number of esters is 1. The number of pyridine rings is 1. The number of carbonyl (C=O) groups excluding carboxylic acids is 1. The van der Waals surface area contributed by atoms with Crippen molar-refractivity contribution in [1.82, 2.24) is 4.98 Å². The van der Waals surface area contributed by atoms with Gasteiger partial charge in [-0.3, -0.25) is 0 Å². The molecular formula is C9H11ClN2O2. The van der Waals surface area contributed by atoms with Gasteiger partial charge in [-0.05, 0) is 6.07 Å². The molecule has 0 N–H and O–H groups in total. The molecule has 5 heteroatoms. The quantitative estimate of drug-likeness (QED) is 0.554. The van der Waals surface area contributed by atoms with Gasteiger partial charge in [0.1, 0.15) is 10.7 Å². The summed E-state index contributed by atoms with van der Waals surface area (Å²) in [4.78, 5) is 17.0. The molecule has 0 aromatic carbocycles. The molecule has 0 aliphatic carbocycles. The lowest BCUT2D eigenvalue weighted by Gasteiger charge is -2.16.